The molecular formula is C20H22ClN3O4S. The van der Waals surface area contributed by atoms with Crippen molar-refractivity contribution in [1.82, 2.24) is 4.31 Å². The SMILES string of the molecule is CCN(CC)S(=O)(=O)c1ccc(Cl)c(NC(=O)C(C)Oc2cccc(C#N)c2)c1. The molecule has 1 atom stereocenters. The standard InChI is InChI=1S/C20H22ClN3O4S/c1-4-24(5-2)29(26,27)17-9-10-18(21)19(12-17)23-20(25)14(3)28-16-8-6-7-15(11-16)13-22/h6-12,14H,4-5H2,1-3H3,(H,23,25). The molecule has 9 heteroatoms. The normalized spacial score (nSPS) is 12.3. The van der Waals surface area contributed by atoms with Crippen LogP contribution in [0.25, 0.3) is 0 Å². The maximum atomic E-state index is 12.7. The van der Waals surface area contributed by atoms with Crippen LogP contribution in [0.3, 0.4) is 0 Å². The van der Waals surface area contributed by atoms with Crippen molar-refractivity contribution in [2.24, 2.45) is 0 Å². The van der Waals surface area contributed by atoms with E-state index in [1.54, 1.807) is 39.0 Å². The van der Waals surface area contributed by atoms with Gasteiger partial charge in [-0.25, -0.2) is 8.42 Å². The van der Waals surface area contributed by atoms with Crippen molar-refractivity contribution in [3.8, 4) is 11.8 Å². The highest BCUT2D eigenvalue weighted by Crippen LogP contribution is 2.27. The lowest BCUT2D eigenvalue weighted by Gasteiger charge is -2.20. The Labute approximate surface area is 175 Å². The molecule has 0 aliphatic rings. The number of nitrogens with zero attached hydrogens (tertiary/aromatic N) is 2. The second-order valence-electron chi connectivity index (χ2n) is 6.12. The van der Waals surface area contributed by atoms with Gasteiger partial charge in [0.25, 0.3) is 5.91 Å². The van der Waals surface area contributed by atoms with Crippen LogP contribution in [-0.2, 0) is 14.8 Å². The Kier molecular flexibility index (Phi) is 7.62. The first-order valence-electron chi connectivity index (χ1n) is 9.00. The van der Waals surface area contributed by atoms with Gasteiger partial charge in [-0.2, -0.15) is 9.57 Å². The Balaban J connectivity index is 2.20. The second kappa shape index (κ2) is 9.74. The Morgan fingerprint density at radius 2 is 1.93 bits per heavy atom. The highest BCUT2D eigenvalue weighted by Gasteiger charge is 2.23. The van der Waals surface area contributed by atoms with Crippen LogP contribution in [-0.4, -0.2) is 37.8 Å². The van der Waals surface area contributed by atoms with E-state index in [2.05, 4.69) is 5.32 Å². The van der Waals surface area contributed by atoms with Crippen molar-refractivity contribution >= 4 is 33.2 Å². The smallest absolute Gasteiger partial charge is 0.265 e. The summed E-state index contributed by atoms with van der Waals surface area (Å²) in [6, 6.07) is 12.6. The summed E-state index contributed by atoms with van der Waals surface area (Å²) in [6.07, 6.45) is -0.900. The second-order valence-corrected chi connectivity index (χ2v) is 8.47. The number of sulfonamides is 1. The third kappa shape index (κ3) is 5.48. The molecule has 0 saturated carbocycles. The highest BCUT2D eigenvalue weighted by molar-refractivity contribution is 7.89. The molecule has 2 aromatic rings. The third-order valence-electron chi connectivity index (χ3n) is 4.18. The minimum absolute atomic E-state index is 0.0381. The quantitative estimate of drug-likeness (QED) is 0.682. The number of rotatable bonds is 8. The lowest BCUT2D eigenvalue weighted by molar-refractivity contribution is -0.122. The summed E-state index contributed by atoms with van der Waals surface area (Å²) >= 11 is 6.14. The molecule has 0 radical (unpaired) electrons. The molecule has 0 spiro atoms. The van der Waals surface area contributed by atoms with Gasteiger partial charge >= 0.3 is 0 Å². The van der Waals surface area contributed by atoms with E-state index in [1.165, 1.54) is 28.6 Å². The van der Waals surface area contributed by atoms with Gasteiger partial charge in [0, 0.05) is 13.1 Å². The average molecular weight is 436 g/mol. The van der Waals surface area contributed by atoms with E-state index in [0.29, 0.717) is 24.4 Å². The predicted octanol–water partition coefficient (Wildman–Crippen LogP) is 3.65. The molecule has 0 aliphatic carbocycles. The van der Waals surface area contributed by atoms with Gasteiger partial charge in [0.15, 0.2) is 6.10 Å². The van der Waals surface area contributed by atoms with Crippen molar-refractivity contribution in [1.29, 1.82) is 5.26 Å². The summed E-state index contributed by atoms with van der Waals surface area (Å²) in [5.74, 6) is -0.137. The molecule has 0 aliphatic heterocycles. The van der Waals surface area contributed by atoms with Gasteiger partial charge in [-0.15, -0.1) is 0 Å². The minimum atomic E-state index is -3.69. The van der Waals surface area contributed by atoms with E-state index in [9.17, 15) is 13.2 Å². The molecule has 0 aromatic heterocycles. The number of benzene rings is 2. The number of halogens is 1. The minimum Gasteiger partial charge on any atom is -0.481 e. The molecule has 0 bridgehead atoms. The highest BCUT2D eigenvalue weighted by atomic mass is 35.5. The fraction of sp³-hybridized carbons (Fsp3) is 0.300. The van der Waals surface area contributed by atoms with Gasteiger partial charge in [-0.1, -0.05) is 31.5 Å². The number of ether oxygens (including phenoxy) is 1. The lowest BCUT2D eigenvalue weighted by Crippen LogP contribution is -2.31. The van der Waals surface area contributed by atoms with Gasteiger partial charge in [-0.05, 0) is 43.3 Å². The molecule has 1 unspecified atom stereocenters. The first-order valence-corrected chi connectivity index (χ1v) is 10.8. The molecule has 0 saturated heterocycles. The van der Waals surface area contributed by atoms with Crippen molar-refractivity contribution in [2.45, 2.75) is 31.8 Å². The molecular weight excluding hydrogens is 414 g/mol. The van der Waals surface area contributed by atoms with E-state index in [1.807, 2.05) is 6.07 Å². The number of hydrogen-bond donors (Lipinski definition) is 1. The molecule has 29 heavy (non-hydrogen) atoms. The van der Waals surface area contributed by atoms with Crippen molar-refractivity contribution in [3.05, 3.63) is 53.1 Å². The zero-order valence-corrected chi connectivity index (χ0v) is 17.9. The van der Waals surface area contributed by atoms with Crippen molar-refractivity contribution < 1.29 is 17.9 Å². The molecule has 154 valence electrons. The summed E-state index contributed by atoms with van der Waals surface area (Å²) in [6.45, 7) is 5.70. The van der Waals surface area contributed by atoms with E-state index in [-0.39, 0.29) is 15.6 Å². The molecule has 2 aromatic carbocycles. The maximum Gasteiger partial charge on any atom is 0.265 e. The first-order chi connectivity index (χ1) is 13.7. The van der Waals surface area contributed by atoms with Gasteiger partial charge < -0.3 is 10.1 Å². The summed E-state index contributed by atoms with van der Waals surface area (Å²) in [5.41, 5.74) is 0.582. The van der Waals surface area contributed by atoms with Crippen LogP contribution in [0.15, 0.2) is 47.4 Å². The van der Waals surface area contributed by atoms with Crippen molar-refractivity contribution in [3.63, 3.8) is 0 Å². The third-order valence-corrected chi connectivity index (χ3v) is 6.56. The van der Waals surface area contributed by atoms with Crippen LogP contribution in [0, 0.1) is 11.3 Å². The summed E-state index contributed by atoms with van der Waals surface area (Å²) in [4.78, 5) is 12.5. The number of carbonyl (C=O) groups is 1. The van der Waals surface area contributed by atoms with Crippen LogP contribution in [0.2, 0.25) is 5.02 Å². The maximum absolute atomic E-state index is 12.7. The number of nitriles is 1. The Hall–Kier alpha value is -2.60. The molecule has 0 heterocycles. The zero-order chi connectivity index (χ0) is 21.6. The van der Waals surface area contributed by atoms with E-state index in [4.69, 9.17) is 21.6 Å². The predicted molar refractivity (Wildman–Crippen MR) is 111 cm³/mol. The molecule has 7 nitrogen and oxygen atoms in total. The van der Waals surface area contributed by atoms with Crippen molar-refractivity contribution in [2.75, 3.05) is 18.4 Å². The number of nitrogens with one attached hydrogen (secondary N) is 1. The number of carbonyl (C=O) groups excluding carboxylic acids is 1. The molecule has 0 fully saturated rings. The van der Waals surface area contributed by atoms with Gasteiger partial charge in [0.1, 0.15) is 5.75 Å². The summed E-state index contributed by atoms with van der Waals surface area (Å²) < 4.78 is 32.3. The summed E-state index contributed by atoms with van der Waals surface area (Å²) in [7, 11) is -3.69. The van der Waals surface area contributed by atoms with Gasteiger partial charge in [0.05, 0.1) is 27.2 Å². The fourth-order valence-electron chi connectivity index (χ4n) is 2.60. The largest absolute Gasteiger partial charge is 0.481 e. The van der Waals surface area contributed by atoms with Crippen LogP contribution >= 0.6 is 11.6 Å². The Bertz CT molecular complexity index is 1030. The Morgan fingerprint density at radius 1 is 1.24 bits per heavy atom. The summed E-state index contributed by atoms with van der Waals surface area (Å²) in [5, 5.41) is 11.8. The van der Waals surface area contributed by atoms with Gasteiger partial charge in [-0.3, -0.25) is 4.79 Å². The molecule has 1 N–H and O–H groups in total. The van der Waals surface area contributed by atoms with Crippen LogP contribution in [0.4, 0.5) is 5.69 Å². The van der Waals surface area contributed by atoms with Gasteiger partial charge in [0.2, 0.25) is 10.0 Å². The number of anilines is 1. The average Bonchev–Trinajstić information content (AvgIpc) is 2.70. The molecule has 1 amide bonds. The lowest BCUT2D eigenvalue weighted by atomic mass is 10.2. The van der Waals surface area contributed by atoms with Crippen LogP contribution in [0.1, 0.15) is 26.3 Å². The molecule has 2 rings (SSSR count). The van der Waals surface area contributed by atoms with Crippen LogP contribution in [0.5, 0.6) is 5.75 Å². The van der Waals surface area contributed by atoms with E-state index in [0.717, 1.165) is 0 Å². The topological polar surface area (TPSA) is 99.5 Å². The Morgan fingerprint density at radius 3 is 2.55 bits per heavy atom. The fourth-order valence-corrected chi connectivity index (χ4v) is 4.25. The first kappa shape index (κ1) is 22.7. The monoisotopic (exact) mass is 435 g/mol. The van der Waals surface area contributed by atoms with E-state index >= 15 is 0 Å². The van der Waals surface area contributed by atoms with E-state index < -0.39 is 22.0 Å². The number of amides is 1. The zero-order valence-electron chi connectivity index (χ0n) is 16.3. The van der Waals surface area contributed by atoms with Crippen LogP contribution < -0.4 is 10.1 Å². The number of hydrogen-bond acceptors (Lipinski definition) is 5.